The van der Waals surface area contributed by atoms with Gasteiger partial charge in [-0.15, -0.1) is 12.4 Å². The Kier molecular flexibility index (Phi) is 7.78. The number of carbonyl (C=O) groups is 2. The minimum absolute atomic E-state index is 0. The Hall–Kier alpha value is -1.79. The van der Waals surface area contributed by atoms with Crippen molar-refractivity contribution in [2.75, 3.05) is 19.7 Å². The van der Waals surface area contributed by atoms with Crippen LogP contribution in [0.5, 0.6) is 5.75 Å². The summed E-state index contributed by atoms with van der Waals surface area (Å²) in [6, 6.07) is 11.0. The number of carbonyl (C=O) groups excluding carboxylic acids is 2. The van der Waals surface area contributed by atoms with Crippen LogP contribution in [0.4, 0.5) is 0 Å². The average molecular weight is 422 g/mol. The van der Waals surface area contributed by atoms with Crippen LogP contribution >= 0.6 is 12.4 Å². The van der Waals surface area contributed by atoms with Gasteiger partial charge in [0.2, 0.25) is 11.8 Å². The molecule has 2 bridgehead atoms. The van der Waals surface area contributed by atoms with E-state index in [9.17, 15) is 9.59 Å². The summed E-state index contributed by atoms with van der Waals surface area (Å²) in [5.41, 5.74) is 0. The molecule has 2 N–H and O–H groups in total. The van der Waals surface area contributed by atoms with Crippen molar-refractivity contribution in [3.8, 4) is 5.75 Å². The van der Waals surface area contributed by atoms with Crippen molar-refractivity contribution in [2.24, 2.45) is 5.92 Å². The van der Waals surface area contributed by atoms with E-state index in [0.717, 1.165) is 31.4 Å². The van der Waals surface area contributed by atoms with Crippen molar-refractivity contribution in [3.05, 3.63) is 30.3 Å². The maximum Gasteiger partial charge on any atom is 0.225 e. The number of amides is 2. The van der Waals surface area contributed by atoms with Gasteiger partial charge in [-0.25, -0.2) is 0 Å². The lowest BCUT2D eigenvalue weighted by molar-refractivity contribution is -0.136. The van der Waals surface area contributed by atoms with Crippen molar-refractivity contribution in [2.45, 2.75) is 63.1 Å². The molecule has 160 valence electrons. The topological polar surface area (TPSA) is 70.7 Å². The van der Waals surface area contributed by atoms with Gasteiger partial charge in [0, 0.05) is 37.1 Å². The van der Waals surface area contributed by atoms with Gasteiger partial charge in [0.25, 0.3) is 0 Å². The minimum Gasteiger partial charge on any atom is -0.493 e. The molecule has 7 heteroatoms. The van der Waals surface area contributed by atoms with Crippen LogP contribution in [-0.2, 0) is 9.59 Å². The molecule has 0 saturated carbocycles. The highest BCUT2D eigenvalue weighted by atomic mass is 35.5. The van der Waals surface area contributed by atoms with Gasteiger partial charge < -0.3 is 20.3 Å². The molecule has 1 aromatic rings. The van der Waals surface area contributed by atoms with Crippen LogP contribution in [0.2, 0.25) is 0 Å². The number of likely N-dealkylation sites (tertiary alicyclic amines) is 1. The normalized spacial score (nSPS) is 26.5. The van der Waals surface area contributed by atoms with Crippen molar-refractivity contribution in [3.63, 3.8) is 0 Å². The third-order valence-corrected chi connectivity index (χ3v) is 6.37. The number of para-hydroxylation sites is 1. The van der Waals surface area contributed by atoms with Crippen molar-refractivity contribution in [1.29, 1.82) is 0 Å². The molecule has 0 radical (unpaired) electrons. The molecule has 6 nitrogen and oxygen atoms in total. The van der Waals surface area contributed by atoms with Gasteiger partial charge in [-0.05, 0) is 50.7 Å². The first-order chi connectivity index (χ1) is 13.7. The second-order valence-electron chi connectivity index (χ2n) is 8.38. The summed E-state index contributed by atoms with van der Waals surface area (Å²) in [6.07, 6.45) is 6.49. The Morgan fingerprint density at radius 1 is 1.03 bits per heavy atom. The number of fused-ring (bicyclic) bond motifs is 2. The molecule has 2 unspecified atom stereocenters. The van der Waals surface area contributed by atoms with E-state index in [0.29, 0.717) is 44.2 Å². The van der Waals surface area contributed by atoms with E-state index >= 15 is 0 Å². The highest BCUT2D eigenvalue weighted by Crippen LogP contribution is 2.27. The standard InChI is InChI=1S/C22H31N3O3.ClH/c26-21(10-13-28-20-4-2-1-3-5-20)25-11-8-16(9-12-25)22(27)24-19-14-17-6-7-18(15-19)23-17;/h1-5,16-19,23H,6-15H2,(H,24,27);1H. The molecule has 3 aliphatic heterocycles. The zero-order valence-corrected chi connectivity index (χ0v) is 17.7. The summed E-state index contributed by atoms with van der Waals surface area (Å²) in [4.78, 5) is 26.9. The Balaban J connectivity index is 0.00000240. The van der Waals surface area contributed by atoms with Crippen molar-refractivity contribution >= 4 is 24.2 Å². The van der Waals surface area contributed by atoms with Gasteiger partial charge in [0.1, 0.15) is 5.75 Å². The molecular weight excluding hydrogens is 390 g/mol. The second kappa shape index (κ2) is 10.3. The molecule has 1 aromatic carbocycles. The lowest BCUT2D eigenvalue weighted by atomic mass is 9.93. The molecule has 3 heterocycles. The van der Waals surface area contributed by atoms with Gasteiger partial charge in [-0.1, -0.05) is 18.2 Å². The summed E-state index contributed by atoms with van der Waals surface area (Å²) in [6.45, 7) is 1.72. The molecule has 4 rings (SSSR count). The molecule has 29 heavy (non-hydrogen) atoms. The van der Waals surface area contributed by atoms with E-state index in [1.165, 1.54) is 12.8 Å². The lowest BCUT2D eigenvalue weighted by Crippen LogP contribution is -2.50. The molecule has 0 spiro atoms. The van der Waals surface area contributed by atoms with Crippen molar-refractivity contribution in [1.82, 2.24) is 15.5 Å². The van der Waals surface area contributed by atoms with Crippen LogP contribution in [0, 0.1) is 5.92 Å². The van der Waals surface area contributed by atoms with Crippen molar-refractivity contribution < 1.29 is 14.3 Å². The Morgan fingerprint density at radius 2 is 1.69 bits per heavy atom. The number of nitrogens with zero attached hydrogens (tertiary/aromatic N) is 1. The third-order valence-electron chi connectivity index (χ3n) is 6.37. The Labute approximate surface area is 179 Å². The number of halogens is 1. The zero-order chi connectivity index (χ0) is 19.3. The van der Waals surface area contributed by atoms with Gasteiger partial charge >= 0.3 is 0 Å². The fourth-order valence-corrected chi connectivity index (χ4v) is 4.82. The molecule has 0 aliphatic carbocycles. The van der Waals surface area contributed by atoms with E-state index in [1.807, 2.05) is 35.2 Å². The first-order valence-corrected chi connectivity index (χ1v) is 10.7. The summed E-state index contributed by atoms with van der Waals surface area (Å²) in [5.74, 6) is 1.13. The monoisotopic (exact) mass is 421 g/mol. The number of benzene rings is 1. The quantitative estimate of drug-likeness (QED) is 0.740. The van der Waals surface area contributed by atoms with Gasteiger partial charge in [0.15, 0.2) is 0 Å². The number of ether oxygens (including phenoxy) is 1. The zero-order valence-electron chi connectivity index (χ0n) is 16.8. The third kappa shape index (κ3) is 5.86. The van der Waals surface area contributed by atoms with Crippen LogP contribution in [0.3, 0.4) is 0 Å². The van der Waals surface area contributed by atoms with E-state index in [2.05, 4.69) is 10.6 Å². The molecule has 3 saturated heterocycles. The summed E-state index contributed by atoms with van der Waals surface area (Å²) in [7, 11) is 0. The fraction of sp³-hybridized carbons (Fsp3) is 0.636. The summed E-state index contributed by atoms with van der Waals surface area (Å²) >= 11 is 0. The highest BCUT2D eigenvalue weighted by molar-refractivity contribution is 5.85. The number of piperidine rings is 2. The minimum atomic E-state index is 0. The van der Waals surface area contributed by atoms with E-state index in [-0.39, 0.29) is 30.1 Å². The molecule has 0 aromatic heterocycles. The maximum absolute atomic E-state index is 12.7. The first kappa shape index (κ1) is 21.9. The van der Waals surface area contributed by atoms with E-state index < -0.39 is 0 Å². The number of hydrogen-bond donors (Lipinski definition) is 2. The van der Waals surface area contributed by atoms with Crippen LogP contribution in [0.25, 0.3) is 0 Å². The smallest absolute Gasteiger partial charge is 0.225 e. The van der Waals surface area contributed by atoms with Crippen LogP contribution in [0.15, 0.2) is 30.3 Å². The predicted octanol–water partition coefficient (Wildman–Crippen LogP) is 2.52. The number of rotatable bonds is 6. The van der Waals surface area contributed by atoms with Gasteiger partial charge in [-0.3, -0.25) is 9.59 Å². The van der Waals surface area contributed by atoms with Crippen LogP contribution in [-0.4, -0.2) is 54.5 Å². The van der Waals surface area contributed by atoms with Crippen LogP contribution in [0.1, 0.15) is 44.9 Å². The molecule has 3 aliphatic rings. The summed E-state index contributed by atoms with van der Waals surface area (Å²) < 4.78 is 5.62. The molecule has 2 atom stereocenters. The second-order valence-corrected chi connectivity index (χ2v) is 8.38. The number of nitrogens with one attached hydrogen (secondary N) is 2. The average Bonchev–Trinajstić information content (AvgIpc) is 3.07. The number of hydrogen-bond acceptors (Lipinski definition) is 4. The van der Waals surface area contributed by atoms with Crippen LogP contribution < -0.4 is 15.4 Å². The molecule has 2 amide bonds. The van der Waals surface area contributed by atoms with Gasteiger partial charge in [-0.2, -0.15) is 0 Å². The SMILES string of the molecule is Cl.O=C(NC1CC2CCC(C1)N2)C1CCN(C(=O)CCOc2ccccc2)CC1. The lowest BCUT2D eigenvalue weighted by Gasteiger charge is -2.34. The Bertz CT molecular complexity index is 667. The van der Waals surface area contributed by atoms with E-state index in [1.54, 1.807) is 0 Å². The first-order valence-electron chi connectivity index (χ1n) is 10.7. The summed E-state index contributed by atoms with van der Waals surface area (Å²) in [5, 5.41) is 6.90. The molecule has 3 fully saturated rings. The molecular formula is C22H32ClN3O3. The largest absolute Gasteiger partial charge is 0.493 e. The van der Waals surface area contributed by atoms with E-state index in [4.69, 9.17) is 4.74 Å². The van der Waals surface area contributed by atoms with Gasteiger partial charge in [0.05, 0.1) is 13.0 Å². The highest BCUT2D eigenvalue weighted by Gasteiger charge is 2.35. The predicted molar refractivity (Wildman–Crippen MR) is 114 cm³/mol. The Morgan fingerprint density at radius 3 is 2.34 bits per heavy atom. The maximum atomic E-state index is 12.7. The fourth-order valence-electron chi connectivity index (χ4n) is 4.82.